The molecule has 0 spiro atoms. The number of likely N-dealkylation sites (tertiary alicyclic amines) is 1. The van der Waals surface area contributed by atoms with Crippen molar-refractivity contribution in [2.45, 2.75) is 19.8 Å². The van der Waals surface area contributed by atoms with Crippen molar-refractivity contribution in [1.29, 1.82) is 0 Å². The van der Waals surface area contributed by atoms with Crippen molar-refractivity contribution in [2.75, 3.05) is 26.2 Å². The number of carbonyl (C=O) groups excluding carboxylic acids is 2. The molecule has 6 heteroatoms. The van der Waals surface area contributed by atoms with Gasteiger partial charge in [0.2, 0.25) is 5.91 Å². The summed E-state index contributed by atoms with van der Waals surface area (Å²) in [4.78, 5) is 26.3. The lowest BCUT2D eigenvalue weighted by Crippen LogP contribution is -2.44. The molecular weight excluding hydrogens is 314 g/mol. The Hall–Kier alpha value is -1.59. The van der Waals surface area contributed by atoms with E-state index in [1.807, 2.05) is 42.2 Å². The second-order valence-corrected chi connectivity index (χ2v) is 6.02. The molecule has 1 aliphatic rings. The predicted octanol–water partition coefficient (Wildman–Crippen LogP) is 1.67. The molecular formula is C17H26ClN3O2. The summed E-state index contributed by atoms with van der Waals surface area (Å²) >= 11 is 0. The normalized spacial score (nSPS) is 16.3. The number of nitrogens with one attached hydrogen (secondary N) is 1. The number of piperidine rings is 1. The van der Waals surface area contributed by atoms with E-state index in [0.717, 1.165) is 12.8 Å². The van der Waals surface area contributed by atoms with Crippen LogP contribution in [0.2, 0.25) is 0 Å². The number of nitrogens with two attached hydrogens (primary N) is 1. The van der Waals surface area contributed by atoms with Crippen molar-refractivity contribution < 1.29 is 9.59 Å². The highest BCUT2D eigenvalue weighted by atomic mass is 35.5. The highest BCUT2D eigenvalue weighted by Crippen LogP contribution is 2.19. The first kappa shape index (κ1) is 19.5. The zero-order valence-electron chi connectivity index (χ0n) is 13.5. The molecule has 1 aromatic carbocycles. The van der Waals surface area contributed by atoms with Gasteiger partial charge in [0.1, 0.15) is 0 Å². The van der Waals surface area contributed by atoms with Crippen molar-refractivity contribution >= 4 is 24.2 Å². The molecule has 1 heterocycles. The number of amides is 2. The first-order valence-electron chi connectivity index (χ1n) is 7.94. The number of halogens is 1. The fourth-order valence-corrected chi connectivity index (χ4v) is 2.61. The van der Waals surface area contributed by atoms with Crippen LogP contribution in [0.5, 0.6) is 0 Å². The van der Waals surface area contributed by atoms with Crippen molar-refractivity contribution in [2.24, 2.45) is 17.6 Å². The molecule has 1 atom stereocenters. The van der Waals surface area contributed by atoms with Crippen molar-refractivity contribution in [3.8, 4) is 0 Å². The predicted molar refractivity (Wildman–Crippen MR) is 93.5 cm³/mol. The van der Waals surface area contributed by atoms with E-state index in [4.69, 9.17) is 5.73 Å². The fourth-order valence-electron chi connectivity index (χ4n) is 2.61. The van der Waals surface area contributed by atoms with Gasteiger partial charge in [-0.25, -0.2) is 0 Å². The molecule has 5 nitrogen and oxygen atoms in total. The summed E-state index contributed by atoms with van der Waals surface area (Å²) < 4.78 is 0. The summed E-state index contributed by atoms with van der Waals surface area (Å²) in [6.45, 7) is 4.49. The molecule has 1 fully saturated rings. The molecule has 2 amide bonds. The lowest BCUT2D eigenvalue weighted by Gasteiger charge is -2.31. The van der Waals surface area contributed by atoms with E-state index in [-0.39, 0.29) is 30.1 Å². The molecule has 0 aliphatic carbocycles. The van der Waals surface area contributed by atoms with Crippen molar-refractivity contribution in [3.05, 3.63) is 35.9 Å². The number of carbonyl (C=O) groups is 2. The quantitative estimate of drug-likeness (QED) is 0.856. The van der Waals surface area contributed by atoms with Gasteiger partial charge in [0.15, 0.2) is 0 Å². The summed E-state index contributed by atoms with van der Waals surface area (Å²) in [5.41, 5.74) is 6.26. The van der Waals surface area contributed by atoms with Crippen LogP contribution in [0, 0.1) is 11.8 Å². The SMILES string of the molecule is CC(CN)CNC(=O)C1CCN(C(=O)c2ccccc2)CC1.Cl. The van der Waals surface area contributed by atoms with Gasteiger partial charge in [0, 0.05) is 31.1 Å². The minimum absolute atomic E-state index is 0. The molecule has 128 valence electrons. The first-order valence-corrected chi connectivity index (χ1v) is 7.94. The maximum absolute atomic E-state index is 12.3. The molecule has 0 bridgehead atoms. The minimum atomic E-state index is 0. The number of rotatable bonds is 5. The van der Waals surface area contributed by atoms with E-state index >= 15 is 0 Å². The molecule has 0 aromatic heterocycles. The standard InChI is InChI=1S/C17H25N3O2.ClH/c1-13(11-18)12-19-16(21)14-7-9-20(10-8-14)17(22)15-5-3-2-4-6-15;/h2-6,13-14H,7-12,18H2,1H3,(H,19,21);1H. The lowest BCUT2D eigenvalue weighted by atomic mass is 9.95. The lowest BCUT2D eigenvalue weighted by molar-refractivity contribution is -0.126. The Bertz CT molecular complexity index is 502. The van der Waals surface area contributed by atoms with Gasteiger partial charge in [0.25, 0.3) is 5.91 Å². The van der Waals surface area contributed by atoms with Gasteiger partial charge < -0.3 is 16.0 Å². The van der Waals surface area contributed by atoms with Gasteiger partial charge in [-0.15, -0.1) is 12.4 Å². The van der Waals surface area contributed by atoms with Crippen LogP contribution in [-0.4, -0.2) is 42.9 Å². The molecule has 3 N–H and O–H groups in total. The van der Waals surface area contributed by atoms with Crippen LogP contribution in [0.15, 0.2) is 30.3 Å². The second kappa shape index (κ2) is 9.53. The summed E-state index contributed by atoms with van der Waals surface area (Å²) in [5, 5.41) is 2.96. The summed E-state index contributed by atoms with van der Waals surface area (Å²) in [7, 11) is 0. The van der Waals surface area contributed by atoms with Gasteiger partial charge >= 0.3 is 0 Å². The molecule has 1 unspecified atom stereocenters. The molecule has 23 heavy (non-hydrogen) atoms. The number of hydrogen-bond donors (Lipinski definition) is 2. The summed E-state index contributed by atoms with van der Waals surface area (Å²) in [6, 6.07) is 9.29. The van der Waals surface area contributed by atoms with E-state index in [1.165, 1.54) is 0 Å². The van der Waals surface area contributed by atoms with E-state index in [1.54, 1.807) is 0 Å². The first-order chi connectivity index (χ1) is 10.6. The smallest absolute Gasteiger partial charge is 0.253 e. The minimum Gasteiger partial charge on any atom is -0.356 e. The molecule has 2 rings (SSSR count). The molecule has 0 saturated carbocycles. The average molecular weight is 340 g/mol. The summed E-state index contributed by atoms with van der Waals surface area (Å²) in [5.74, 6) is 0.441. The summed E-state index contributed by atoms with van der Waals surface area (Å²) in [6.07, 6.45) is 1.45. The maximum Gasteiger partial charge on any atom is 0.253 e. The molecule has 0 radical (unpaired) electrons. The topological polar surface area (TPSA) is 75.4 Å². The Morgan fingerprint density at radius 2 is 1.87 bits per heavy atom. The fraction of sp³-hybridized carbons (Fsp3) is 0.529. The third kappa shape index (κ3) is 5.52. The van der Waals surface area contributed by atoms with E-state index in [0.29, 0.717) is 37.7 Å². The highest BCUT2D eigenvalue weighted by Gasteiger charge is 2.27. The van der Waals surface area contributed by atoms with Gasteiger partial charge in [-0.1, -0.05) is 25.1 Å². The Morgan fingerprint density at radius 3 is 2.43 bits per heavy atom. The zero-order chi connectivity index (χ0) is 15.9. The Balaban J connectivity index is 0.00000264. The van der Waals surface area contributed by atoms with Gasteiger partial charge in [-0.3, -0.25) is 9.59 Å². The average Bonchev–Trinajstić information content (AvgIpc) is 2.59. The Morgan fingerprint density at radius 1 is 1.26 bits per heavy atom. The largest absolute Gasteiger partial charge is 0.356 e. The number of benzene rings is 1. The number of hydrogen-bond acceptors (Lipinski definition) is 3. The van der Waals surface area contributed by atoms with Crippen LogP contribution >= 0.6 is 12.4 Å². The maximum atomic E-state index is 12.3. The van der Waals surface area contributed by atoms with Crippen LogP contribution in [0.1, 0.15) is 30.1 Å². The molecule has 1 aromatic rings. The van der Waals surface area contributed by atoms with Gasteiger partial charge in [0.05, 0.1) is 0 Å². The van der Waals surface area contributed by atoms with Crippen LogP contribution in [0.4, 0.5) is 0 Å². The van der Waals surface area contributed by atoms with Crippen molar-refractivity contribution in [1.82, 2.24) is 10.2 Å². The van der Waals surface area contributed by atoms with Crippen LogP contribution in [0.3, 0.4) is 0 Å². The molecule has 1 saturated heterocycles. The van der Waals surface area contributed by atoms with Crippen LogP contribution in [0.25, 0.3) is 0 Å². The van der Waals surface area contributed by atoms with Crippen LogP contribution in [-0.2, 0) is 4.79 Å². The number of nitrogens with zero attached hydrogens (tertiary/aromatic N) is 1. The third-order valence-corrected chi connectivity index (χ3v) is 4.20. The van der Waals surface area contributed by atoms with Gasteiger partial charge in [-0.2, -0.15) is 0 Å². The second-order valence-electron chi connectivity index (χ2n) is 6.02. The monoisotopic (exact) mass is 339 g/mol. The zero-order valence-corrected chi connectivity index (χ0v) is 14.3. The Kier molecular flexibility index (Phi) is 8.06. The molecule has 1 aliphatic heterocycles. The van der Waals surface area contributed by atoms with E-state index in [9.17, 15) is 9.59 Å². The third-order valence-electron chi connectivity index (χ3n) is 4.20. The highest BCUT2D eigenvalue weighted by molar-refractivity contribution is 5.94. The van der Waals surface area contributed by atoms with Gasteiger partial charge in [-0.05, 0) is 37.4 Å². The van der Waals surface area contributed by atoms with E-state index in [2.05, 4.69) is 5.32 Å². The Labute approximate surface area is 144 Å². The van der Waals surface area contributed by atoms with Crippen LogP contribution < -0.4 is 11.1 Å². The van der Waals surface area contributed by atoms with E-state index < -0.39 is 0 Å². The van der Waals surface area contributed by atoms with Crippen molar-refractivity contribution in [3.63, 3.8) is 0 Å².